The molecule has 108 valence electrons. The van der Waals surface area contributed by atoms with Crippen molar-refractivity contribution in [2.45, 2.75) is 26.0 Å². The monoisotopic (exact) mass is 277 g/mol. The Morgan fingerprint density at radius 1 is 1.35 bits per heavy atom. The average molecular weight is 277 g/mol. The van der Waals surface area contributed by atoms with Gasteiger partial charge in [-0.1, -0.05) is 12.1 Å². The SMILES string of the molecule is Cc1ccc(C(O)CCN(C)Cc2ccco2)cc1F. The second kappa shape index (κ2) is 6.68. The molecule has 2 aromatic rings. The van der Waals surface area contributed by atoms with Crippen molar-refractivity contribution in [1.29, 1.82) is 0 Å². The maximum absolute atomic E-state index is 13.5. The molecule has 0 spiro atoms. The summed E-state index contributed by atoms with van der Waals surface area (Å²) in [4.78, 5) is 2.06. The third-order valence-electron chi connectivity index (χ3n) is 3.37. The minimum absolute atomic E-state index is 0.273. The molecule has 0 amide bonds. The summed E-state index contributed by atoms with van der Waals surface area (Å²) >= 11 is 0. The van der Waals surface area contributed by atoms with Gasteiger partial charge in [-0.05, 0) is 49.7 Å². The minimum Gasteiger partial charge on any atom is -0.468 e. The van der Waals surface area contributed by atoms with Crippen LogP contribution >= 0.6 is 0 Å². The van der Waals surface area contributed by atoms with Crippen molar-refractivity contribution in [2.24, 2.45) is 0 Å². The second-order valence-electron chi connectivity index (χ2n) is 5.13. The Morgan fingerprint density at radius 2 is 2.15 bits per heavy atom. The number of aryl methyl sites for hydroxylation is 1. The van der Waals surface area contributed by atoms with Gasteiger partial charge in [0.2, 0.25) is 0 Å². The lowest BCUT2D eigenvalue weighted by Gasteiger charge is -2.18. The fraction of sp³-hybridized carbons (Fsp3) is 0.375. The van der Waals surface area contributed by atoms with Crippen molar-refractivity contribution >= 4 is 0 Å². The average Bonchev–Trinajstić information content (AvgIpc) is 2.92. The van der Waals surface area contributed by atoms with Gasteiger partial charge in [0.1, 0.15) is 11.6 Å². The number of aliphatic hydroxyl groups is 1. The highest BCUT2D eigenvalue weighted by Gasteiger charge is 2.11. The Kier molecular flexibility index (Phi) is 4.93. The van der Waals surface area contributed by atoms with Crippen LogP contribution in [0.1, 0.15) is 29.4 Å². The van der Waals surface area contributed by atoms with E-state index in [2.05, 4.69) is 4.90 Å². The van der Waals surface area contributed by atoms with E-state index >= 15 is 0 Å². The molecule has 0 radical (unpaired) electrons. The van der Waals surface area contributed by atoms with Gasteiger partial charge in [-0.25, -0.2) is 4.39 Å². The van der Waals surface area contributed by atoms with Crippen molar-refractivity contribution in [3.63, 3.8) is 0 Å². The first-order valence-corrected chi connectivity index (χ1v) is 6.71. The zero-order chi connectivity index (χ0) is 14.5. The number of furan rings is 1. The molecule has 0 aliphatic carbocycles. The molecule has 0 saturated carbocycles. The highest BCUT2D eigenvalue weighted by molar-refractivity contribution is 5.24. The molecule has 4 heteroatoms. The van der Waals surface area contributed by atoms with E-state index in [4.69, 9.17) is 4.42 Å². The number of benzene rings is 1. The number of hydrogen-bond acceptors (Lipinski definition) is 3. The zero-order valence-electron chi connectivity index (χ0n) is 11.8. The molecule has 0 saturated heterocycles. The van der Waals surface area contributed by atoms with Gasteiger partial charge in [0.25, 0.3) is 0 Å². The Balaban J connectivity index is 1.85. The summed E-state index contributed by atoms with van der Waals surface area (Å²) in [7, 11) is 1.96. The summed E-state index contributed by atoms with van der Waals surface area (Å²) in [5.41, 5.74) is 1.22. The van der Waals surface area contributed by atoms with E-state index in [1.165, 1.54) is 6.07 Å². The third kappa shape index (κ3) is 3.92. The van der Waals surface area contributed by atoms with Gasteiger partial charge in [-0.2, -0.15) is 0 Å². The number of hydrogen-bond donors (Lipinski definition) is 1. The molecule has 1 aromatic heterocycles. The largest absolute Gasteiger partial charge is 0.468 e. The first-order valence-electron chi connectivity index (χ1n) is 6.71. The van der Waals surface area contributed by atoms with Crippen LogP contribution in [0.4, 0.5) is 4.39 Å². The summed E-state index contributed by atoms with van der Waals surface area (Å²) in [6.45, 7) is 3.11. The van der Waals surface area contributed by atoms with Crippen LogP contribution in [0, 0.1) is 12.7 Å². The number of rotatable bonds is 6. The molecule has 2 rings (SSSR count). The van der Waals surface area contributed by atoms with Gasteiger partial charge in [-0.15, -0.1) is 0 Å². The smallest absolute Gasteiger partial charge is 0.126 e. The summed E-state index contributed by atoms with van der Waals surface area (Å²) in [5, 5.41) is 10.1. The van der Waals surface area contributed by atoms with Crippen LogP contribution < -0.4 is 0 Å². The molecule has 0 aliphatic heterocycles. The zero-order valence-corrected chi connectivity index (χ0v) is 11.8. The van der Waals surface area contributed by atoms with Crippen LogP contribution in [0.2, 0.25) is 0 Å². The first kappa shape index (κ1) is 14.8. The van der Waals surface area contributed by atoms with Crippen molar-refractivity contribution < 1.29 is 13.9 Å². The molecule has 0 aliphatic rings. The van der Waals surface area contributed by atoms with E-state index in [0.29, 0.717) is 30.6 Å². The summed E-state index contributed by atoms with van der Waals surface area (Å²) < 4.78 is 18.7. The van der Waals surface area contributed by atoms with Gasteiger partial charge in [0.15, 0.2) is 0 Å². The van der Waals surface area contributed by atoms with Crippen LogP contribution in [-0.4, -0.2) is 23.6 Å². The molecule has 3 nitrogen and oxygen atoms in total. The maximum atomic E-state index is 13.5. The predicted molar refractivity (Wildman–Crippen MR) is 75.8 cm³/mol. The van der Waals surface area contributed by atoms with Gasteiger partial charge in [-0.3, -0.25) is 4.90 Å². The van der Waals surface area contributed by atoms with E-state index in [9.17, 15) is 9.50 Å². The second-order valence-corrected chi connectivity index (χ2v) is 5.13. The molecule has 1 unspecified atom stereocenters. The van der Waals surface area contributed by atoms with Crippen LogP contribution in [-0.2, 0) is 6.54 Å². The van der Waals surface area contributed by atoms with Crippen LogP contribution in [0.15, 0.2) is 41.0 Å². The van der Waals surface area contributed by atoms with E-state index in [1.807, 2.05) is 19.2 Å². The lowest BCUT2D eigenvalue weighted by molar-refractivity contribution is 0.145. The first-order chi connectivity index (χ1) is 9.56. The molecule has 1 heterocycles. The molecule has 0 fully saturated rings. The molecule has 1 aromatic carbocycles. The number of nitrogens with zero attached hydrogens (tertiary/aromatic N) is 1. The lowest BCUT2D eigenvalue weighted by atomic mass is 10.0. The van der Waals surface area contributed by atoms with E-state index < -0.39 is 6.10 Å². The van der Waals surface area contributed by atoms with Crippen molar-refractivity contribution in [1.82, 2.24) is 4.90 Å². The lowest BCUT2D eigenvalue weighted by Crippen LogP contribution is -2.20. The normalized spacial score (nSPS) is 12.8. The van der Waals surface area contributed by atoms with Crippen LogP contribution in [0.3, 0.4) is 0 Å². The van der Waals surface area contributed by atoms with Gasteiger partial charge >= 0.3 is 0 Å². The topological polar surface area (TPSA) is 36.6 Å². The quantitative estimate of drug-likeness (QED) is 0.880. The molecule has 1 atom stereocenters. The standard InChI is InChI=1S/C16H20FNO2/c1-12-5-6-13(10-15(12)17)16(19)7-8-18(2)11-14-4-3-9-20-14/h3-6,9-10,16,19H,7-8,11H2,1-2H3. The van der Waals surface area contributed by atoms with Crippen molar-refractivity contribution in [3.8, 4) is 0 Å². The maximum Gasteiger partial charge on any atom is 0.126 e. The number of halogens is 1. The number of aliphatic hydroxyl groups excluding tert-OH is 1. The predicted octanol–water partition coefficient (Wildman–Crippen LogP) is 3.28. The van der Waals surface area contributed by atoms with Gasteiger partial charge < -0.3 is 9.52 Å². The Labute approximate surface area is 118 Å². The highest BCUT2D eigenvalue weighted by Crippen LogP contribution is 2.20. The molecule has 20 heavy (non-hydrogen) atoms. The molecule has 1 N–H and O–H groups in total. The summed E-state index contributed by atoms with van der Waals surface area (Å²) in [5.74, 6) is 0.619. The fourth-order valence-electron chi connectivity index (χ4n) is 2.07. The van der Waals surface area contributed by atoms with E-state index in [-0.39, 0.29) is 5.82 Å². The van der Waals surface area contributed by atoms with Crippen LogP contribution in [0.25, 0.3) is 0 Å². The van der Waals surface area contributed by atoms with Crippen LogP contribution in [0.5, 0.6) is 0 Å². The Bertz CT molecular complexity index is 539. The highest BCUT2D eigenvalue weighted by atomic mass is 19.1. The third-order valence-corrected chi connectivity index (χ3v) is 3.37. The molecule has 0 bridgehead atoms. The Morgan fingerprint density at radius 3 is 2.80 bits per heavy atom. The van der Waals surface area contributed by atoms with Crippen molar-refractivity contribution in [3.05, 3.63) is 59.3 Å². The van der Waals surface area contributed by atoms with Gasteiger partial charge in [0.05, 0.1) is 18.9 Å². The van der Waals surface area contributed by atoms with E-state index in [0.717, 1.165) is 5.76 Å². The van der Waals surface area contributed by atoms with E-state index in [1.54, 1.807) is 25.3 Å². The molecular weight excluding hydrogens is 257 g/mol. The van der Waals surface area contributed by atoms with Gasteiger partial charge in [0, 0.05) is 6.54 Å². The minimum atomic E-state index is -0.649. The fourth-order valence-corrected chi connectivity index (χ4v) is 2.07. The van der Waals surface area contributed by atoms with Crippen molar-refractivity contribution in [2.75, 3.05) is 13.6 Å². The summed E-state index contributed by atoms with van der Waals surface area (Å²) in [6.07, 6.45) is 1.55. The Hall–Kier alpha value is -1.65. The molecular formula is C16H20FNO2. The summed E-state index contributed by atoms with van der Waals surface area (Å²) in [6, 6.07) is 8.65.